The van der Waals surface area contributed by atoms with Crippen molar-refractivity contribution >= 4 is 29.1 Å². The van der Waals surface area contributed by atoms with Crippen LogP contribution in [0.4, 0.5) is 5.69 Å². The molecule has 2 aliphatic rings. The van der Waals surface area contributed by atoms with Gasteiger partial charge in [0.25, 0.3) is 0 Å². The van der Waals surface area contributed by atoms with Crippen molar-refractivity contribution in [2.45, 2.75) is 5.38 Å². The summed E-state index contributed by atoms with van der Waals surface area (Å²) in [5, 5.41) is -0.273. The average Bonchev–Trinajstić information content (AvgIpc) is 2.83. The molecule has 1 saturated carbocycles. The second-order valence-corrected chi connectivity index (χ2v) is 4.35. The topological polar surface area (TPSA) is 37.4 Å². The van der Waals surface area contributed by atoms with Crippen LogP contribution in [-0.2, 0) is 9.59 Å². The molecule has 0 N–H and O–H groups in total. The van der Waals surface area contributed by atoms with E-state index in [2.05, 4.69) is 0 Å². The van der Waals surface area contributed by atoms with Crippen LogP contribution in [-0.4, -0.2) is 17.2 Å². The standard InChI is InChI=1S/C11H8ClNO2/c12-9-7-8(9)11(15)13(10(7)14)6-4-2-1-3-5-6/h1-5,7-9H. The molecule has 1 aromatic rings. The first-order valence-electron chi connectivity index (χ1n) is 4.79. The molecule has 0 aromatic heterocycles. The van der Waals surface area contributed by atoms with E-state index in [1.165, 1.54) is 4.90 Å². The molecule has 0 spiro atoms. The highest BCUT2D eigenvalue weighted by Gasteiger charge is 2.67. The number of carbonyl (C=O) groups excluding carboxylic acids is 2. The number of piperidine rings is 1. The van der Waals surface area contributed by atoms with Gasteiger partial charge in [-0.1, -0.05) is 18.2 Å². The number of amides is 2. The maximum Gasteiger partial charge on any atom is 0.239 e. The van der Waals surface area contributed by atoms with Crippen molar-refractivity contribution in [3.63, 3.8) is 0 Å². The van der Waals surface area contributed by atoms with Gasteiger partial charge < -0.3 is 0 Å². The van der Waals surface area contributed by atoms with E-state index in [0.717, 1.165) is 0 Å². The second kappa shape index (κ2) is 2.83. The molecule has 1 aliphatic heterocycles. The van der Waals surface area contributed by atoms with Crippen molar-refractivity contribution in [3.05, 3.63) is 30.3 Å². The minimum atomic E-state index is -0.278. The minimum absolute atomic E-state index is 0.156. The van der Waals surface area contributed by atoms with Crippen molar-refractivity contribution in [2.24, 2.45) is 11.8 Å². The summed E-state index contributed by atoms with van der Waals surface area (Å²) in [7, 11) is 0. The third kappa shape index (κ3) is 1.07. The number of rotatable bonds is 1. The summed E-state index contributed by atoms with van der Waals surface area (Å²) in [4.78, 5) is 24.8. The van der Waals surface area contributed by atoms with Gasteiger partial charge in [0, 0.05) is 0 Å². The molecule has 0 radical (unpaired) electrons. The molecule has 1 heterocycles. The van der Waals surface area contributed by atoms with Crippen molar-refractivity contribution in [1.29, 1.82) is 0 Å². The molecule has 2 amide bonds. The van der Waals surface area contributed by atoms with Gasteiger partial charge in [-0.3, -0.25) is 9.59 Å². The number of fused-ring (bicyclic) bond motifs is 1. The Balaban J connectivity index is 1.97. The predicted octanol–water partition coefficient (Wildman–Crippen LogP) is 1.41. The monoisotopic (exact) mass is 221 g/mol. The summed E-state index contributed by atoms with van der Waals surface area (Å²) in [5.41, 5.74) is 0.642. The number of carbonyl (C=O) groups is 2. The lowest BCUT2D eigenvalue weighted by Gasteiger charge is -2.16. The van der Waals surface area contributed by atoms with Gasteiger partial charge in [-0.25, -0.2) is 4.90 Å². The first-order chi connectivity index (χ1) is 7.22. The zero-order valence-corrected chi connectivity index (χ0v) is 8.52. The fraction of sp³-hybridized carbons (Fsp3) is 0.273. The van der Waals surface area contributed by atoms with Gasteiger partial charge in [-0.05, 0) is 12.1 Å². The molecule has 4 heteroatoms. The number of imide groups is 1. The Morgan fingerprint density at radius 2 is 1.53 bits per heavy atom. The molecule has 1 aliphatic carbocycles. The summed E-state index contributed by atoms with van der Waals surface area (Å²) >= 11 is 5.83. The Kier molecular flexibility index (Phi) is 1.68. The minimum Gasteiger partial charge on any atom is -0.274 e. The number of hydrogen-bond acceptors (Lipinski definition) is 2. The maximum atomic E-state index is 11.8. The Morgan fingerprint density at radius 3 is 2.07 bits per heavy atom. The van der Waals surface area contributed by atoms with Crippen molar-refractivity contribution in [1.82, 2.24) is 0 Å². The quantitative estimate of drug-likeness (QED) is 0.531. The molecule has 1 aromatic carbocycles. The van der Waals surface area contributed by atoms with Gasteiger partial charge in [-0.15, -0.1) is 11.6 Å². The molecule has 1 saturated heterocycles. The van der Waals surface area contributed by atoms with Gasteiger partial charge in [0.05, 0.1) is 22.9 Å². The number of nitrogens with zero attached hydrogens (tertiary/aromatic N) is 1. The van der Waals surface area contributed by atoms with Gasteiger partial charge in [0.2, 0.25) is 11.8 Å². The number of halogens is 1. The van der Waals surface area contributed by atoms with Crippen LogP contribution in [0.3, 0.4) is 0 Å². The van der Waals surface area contributed by atoms with Crippen LogP contribution in [0.25, 0.3) is 0 Å². The number of hydrogen-bond donors (Lipinski definition) is 0. The SMILES string of the molecule is O=C1C2C(Cl)C2C(=O)N1c1ccccc1. The number of alkyl halides is 1. The molecule has 3 rings (SSSR count). The van der Waals surface area contributed by atoms with Crippen LogP contribution in [0, 0.1) is 11.8 Å². The fourth-order valence-corrected chi connectivity index (χ4v) is 2.54. The van der Waals surface area contributed by atoms with Crippen LogP contribution in [0.15, 0.2) is 30.3 Å². The number of benzene rings is 1. The average molecular weight is 222 g/mol. The summed E-state index contributed by atoms with van der Waals surface area (Å²) in [6.45, 7) is 0. The largest absolute Gasteiger partial charge is 0.274 e. The zero-order valence-electron chi connectivity index (χ0n) is 7.76. The van der Waals surface area contributed by atoms with E-state index in [1.54, 1.807) is 24.3 Å². The highest BCUT2D eigenvalue weighted by Crippen LogP contribution is 2.52. The Hall–Kier alpha value is -1.35. The molecule has 3 nitrogen and oxygen atoms in total. The summed E-state index contributed by atoms with van der Waals surface area (Å²) in [6, 6.07) is 8.96. The Bertz CT molecular complexity index is 423. The third-order valence-corrected chi connectivity index (χ3v) is 3.50. The summed E-state index contributed by atoms with van der Waals surface area (Å²) in [6.07, 6.45) is 0. The van der Waals surface area contributed by atoms with E-state index < -0.39 is 0 Å². The molecule has 2 fully saturated rings. The van der Waals surface area contributed by atoms with Crippen LogP contribution in [0.2, 0.25) is 0 Å². The first-order valence-corrected chi connectivity index (χ1v) is 5.22. The first kappa shape index (κ1) is 8.92. The van der Waals surface area contributed by atoms with Gasteiger partial charge >= 0.3 is 0 Å². The zero-order chi connectivity index (χ0) is 10.6. The van der Waals surface area contributed by atoms with Crippen molar-refractivity contribution in [3.8, 4) is 0 Å². The fourth-order valence-electron chi connectivity index (χ4n) is 2.09. The molecule has 76 valence electrons. The van der Waals surface area contributed by atoms with E-state index in [9.17, 15) is 9.59 Å². The van der Waals surface area contributed by atoms with Crippen LogP contribution in [0.5, 0.6) is 0 Å². The smallest absolute Gasteiger partial charge is 0.239 e. The lowest BCUT2D eigenvalue weighted by atomic mass is 10.3. The van der Waals surface area contributed by atoms with E-state index >= 15 is 0 Å². The van der Waals surface area contributed by atoms with Crippen molar-refractivity contribution < 1.29 is 9.59 Å². The molecular weight excluding hydrogens is 214 g/mol. The Labute approximate surface area is 91.6 Å². The van der Waals surface area contributed by atoms with E-state index in [0.29, 0.717) is 5.69 Å². The highest BCUT2D eigenvalue weighted by molar-refractivity contribution is 6.36. The van der Waals surface area contributed by atoms with Crippen LogP contribution >= 0.6 is 11.6 Å². The van der Waals surface area contributed by atoms with Crippen LogP contribution in [0.1, 0.15) is 0 Å². The van der Waals surface area contributed by atoms with Crippen molar-refractivity contribution in [2.75, 3.05) is 4.90 Å². The molecular formula is C11H8ClNO2. The van der Waals surface area contributed by atoms with E-state index in [-0.39, 0.29) is 29.0 Å². The third-order valence-electron chi connectivity index (χ3n) is 2.96. The van der Waals surface area contributed by atoms with Gasteiger partial charge in [0.1, 0.15) is 0 Å². The molecule has 15 heavy (non-hydrogen) atoms. The van der Waals surface area contributed by atoms with Gasteiger partial charge in [-0.2, -0.15) is 0 Å². The lowest BCUT2D eigenvalue weighted by Crippen LogP contribution is -2.34. The second-order valence-electron chi connectivity index (χ2n) is 3.84. The summed E-state index contributed by atoms with van der Waals surface area (Å²) in [5.74, 6) is -0.869. The normalized spacial score (nSPS) is 33.1. The molecule has 2 unspecified atom stereocenters. The molecule has 2 atom stereocenters. The molecule has 0 bridgehead atoms. The van der Waals surface area contributed by atoms with Crippen LogP contribution < -0.4 is 4.90 Å². The predicted molar refractivity (Wildman–Crippen MR) is 55.6 cm³/mol. The lowest BCUT2D eigenvalue weighted by molar-refractivity contribution is -0.123. The van der Waals surface area contributed by atoms with E-state index in [1.807, 2.05) is 6.07 Å². The van der Waals surface area contributed by atoms with Gasteiger partial charge in [0.15, 0.2) is 0 Å². The van der Waals surface area contributed by atoms with E-state index in [4.69, 9.17) is 11.6 Å². The summed E-state index contributed by atoms with van der Waals surface area (Å²) < 4.78 is 0. The maximum absolute atomic E-state index is 11.8. The number of anilines is 1. The highest BCUT2D eigenvalue weighted by atomic mass is 35.5. The Morgan fingerprint density at radius 1 is 1.00 bits per heavy atom. The number of para-hydroxylation sites is 1.